The van der Waals surface area contributed by atoms with E-state index in [1.165, 1.54) is 10.5 Å². The molecule has 4 rings (SSSR count). The van der Waals surface area contributed by atoms with Gasteiger partial charge in [0, 0.05) is 24.7 Å². The standard InChI is InChI=1S/C22H22ClN5O2S/c1-24-22(26-31(29,30)27-14-6-3-7-15-27)20-16-21(17-8-4-2-5-9-17)28(25-20)19-12-10-18(23)11-13-19/h2-14,21H,15-16H2,1H3,(H,24,26). The minimum Gasteiger partial charge on any atom is -0.270 e. The molecule has 1 atom stereocenters. The number of hydrogen-bond acceptors (Lipinski definition) is 5. The predicted molar refractivity (Wildman–Crippen MR) is 126 cm³/mol. The number of aliphatic imine (C=N–C) groups is 1. The Morgan fingerprint density at radius 2 is 1.87 bits per heavy atom. The summed E-state index contributed by atoms with van der Waals surface area (Å²) >= 11 is 6.05. The van der Waals surface area contributed by atoms with Gasteiger partial charge in [-0.1, -0.05) is 54.1 Å². The van der Waals surface area contributed by atoms with Gasteiger partial charge in [-0.2, -0.15) is 13.5 Å². The van der Waals surface area contributed by atoms with Crippen molar-refractivity contribution in [3.8, 4) is 0 Å². The summed E-state index contributed by atoms with van der Waals surface area (Å²) in [6.07, 6.45) is 7.25. The van der Waals surface area contributed by atoms with Gasteiger partial charge in [-0.3, -0.25) is 14.3 Å². The first kappa shape index (κ1) is 21.1. The summed E-state index contributed by atoms with van der Waals surface area (Å²) in [5.41, 5.74) is 2.49. The number of halogens is 1. The van der Waals surface area contributed by atoms with E-state index in [0.717, 1.165) is 11.3 Å². The van der Waals surface area contributed by atoms with Gasteiger partial charge in [0.05, 0.1) is 18.3 Å². The van der Waals surface area contributed by atoms with E-state index in [1.807, 2.05) is 47.5 Å². The van der Waals surface area contributed by atoms with Crippen LogP contribution >= 0.6 is 11.6 Å². The van der Waals surface area contributed by atoms with Crippen LogP contribution in [-0.2, 0) is 10.2 Å². The number of hydrogen-bond donors (Lipinski definition) is 1. The van der Waals surface area contributed by atoms with Gasteiger partial charge in [0.1, 0.15) is 5.71 Å². The lowest BCUT2D eigenvalue weighted by Crippen LogP contribution is -2.44. The lowest BCUT2D eigenvalue weighted by molar-refractivity contribution is 0.516. The first-order chi connectivity index (χ1) is 15.0. The van der Waals surface area contributed by atoms with Gasteiger partial charge >= 0.3 is 10.2 Å². The van der Waals surface area contributed by atoms with Crippen LogP contribution in [0.4, 0.5) is 5.69 Å². The quantitative estimate of drug-likeness (QED) is 0.548. The van der Waals surface area contributed by atoms with Crippen molar-refractivity contribution in [3.05, 3.63) is 89.6 Å². The molecule has 0 amide bonds. The summed E-state index contributed by atoms with van der Waals surface area (Å²) in [5, 5.41) is 7.26. The fraction of sp³-hybridized carbons (Fsp3) is 0.182. The Morgan fingerprint density at radius 3 is 2.52 bits per heavy atom. The number of nitrogens with one attached hydrogen (secondary N) is 1. The number of nitrogens with zero attached hydrogens (tertiary/aromatic N) is 4. The number of anilines is 1. The summed E-state index contributed by atoms with van der Waals surface area (Å²) in [7, 11) is -2.25. The zero-order chi connectivity index (χ0) is 21.8. The maximum absolute atomic E-state index is 12.8. The fourth-order valence-electron chi connectivity index (χ4n) is 3.46. The number of allylic oxidation sites excluding steroid dienone is 2. The molecular weight excluding hydrogens is 434 g/mol. The van der Waals surface area contributed by atoms with E-state index >= 15 is 0 Å². The van der Waals surface area contributed by atoms with Gasteiger partial charge in [-0.05, 0) is 35.9 Å². The maximum Gasteiger partial charge on any atom is 0.324 e. The molecule has 0 aliphatic carbocycles. The topological polar surface area (TPSA) is 77.4 Å². The van der Waals surface area contributed by atoms with E-state index in [2.05, 4.69) is 9.71 Å². The molecule has 2 heterocycles. The molecule has 2 aromatic rings. The molecule has 2 aromatic carbocycles. The third kappa shape index (κ3) is 4.65. The van der Waals surface area contributed by atoms with Gasteiger partial charge in [-0.25, -0.2) is 4.72 Å². The maximum atomic E-state index is 12.8. The Hall–Kier alpha value is -3.10. The zero-order valence-electron chi connectivity index (χ0n) is 16.9. The number of hydrazone groups is 1. The molecule has 7 nitrogen and oxygen atoms in total. The molecular formula is C22H22ClN5O2S. The zero-order valence-corrected chi connectivity index (χ0v) is 18.5. The molecule has 160 valence electrons. The van der Waals surface area contributed by atoms with Crippen molar-refractivity contribution in [2.45, 2.75) is 12.5 Å². The lowest BCUT2D eigenvalue weighted by Gasteiger charge is -2.24. The van der Waals surface area contributed by atoms with Crippen LogP contribution in [0.15, 0.2) is 89.1 Å². The summed E-state index contributed by atoms with van der Waals surface area (Å²) in [4.78, 5) is 4.20. The monoisotopic (exact) mass is 455 g/mol. The van der Waals surface area contributed by atoms with Crippen molar-refractivity contribution >= 4 is 39.0 Å². The van der Waals surface area contributed by atoms with Crippen molar-refractivity contribution in [3.63, 3.8) is 0 Å². The minimum atomic E-state index is -3.80. The van der Waals surface area contributed by atoms with Crippen molar-refractivity contribution in [2.75, 3.05) is 18.6 Å². The van der Waals surface area contributed by atoms with E-state index < -0.39 is 10.2 Å². The summed E-state index contributed by atoms with van der Waals surface area (Å²) in [6, 6.07) is 17.3. The molecule has 0 radical (unpaired) electrons. The smallest absolute Gasteiger partial charge is 0.270 e. The Kier molecular flexibility index (Phi) is 6.11. The van der Waals surface area contributed by atoms with Crippen molar-refractivity contribution in [1.82, 2.24) is 9.03 Å². The van der Waals surface area contributed by atoms with E-state index in [1.54, 1.807) is 37.4 Å². The van der Waals surface area contributed by atoms with E-state index in [-0.39, 0.29) is 18.4 Å². The highest BCUT2D eigenvalue weighted by atomic mass is 35.5. The van der Waals surface area contributed by atoms with E-state index in [9.17, 15) is 8.42 Å². The fourth-order valence-corrected chi connectivity index (χ4v) is 4.67. The molecule has 9 heteroatoms. The first-order valence-electron chi connectivity index (χ1n) is 9.75. The molecule has 0 saturated heterocycles. The Labute approximate surface area is 187 Å². The van der Waals surface area contributed by atoms with Crippen LogP contribution in [0.5, 0.6) is 0 Å². The SMILES string of the molecule is CN=C(NS(=O)(=O)N1C=CC=CC1)C1=NN(c2ccc(Cl)cc2)C(c2ccccc2)C1. The molecule has 0 bridgehead atoms. The lowest BCUT2D eigenvalue weighted by atomic mass is 10.0. The van der Waals surface area contributed by atoms with Gasteiger partial charge in [0.2, 0.25) is 0 Å². The highest BCUT2D eigenvalue weighted by Gasteiger charge is 2.33. The third-order valence-electron chi connectivity index (χ3n) is 5.00. The minimum absolute atomic E-state index is 0.101. The highest BCUT2D eigenvalue weighted by molar-refractivity contribution is 7.87. The molecule has 0 fully saturated rings. The predicted octanol–water partition coefficient (Wildman–Crippen LogP) is 3.90. The van der Waals surface area contributed by atoms with Crippen LogP contribution in [-0.4, -0.2) is 37.9 Å². The second-order valence-corrected chi connectivity index (χ2v) is 9.08. The largest absolute Gasteiger partial charge is 0.324 e. The van der Waals surface area contributed by atoms with Crippen LogP contribution in [0.2, 0.25) is 5.02 Å². The molecule has 1 N–H and O–H groups in total. The van der Waals surface area contributed by atoms with Crippen molar-refractivity contribution in [1.29, 1.82) is 0 Å². The number of amidine groups is 1. The van der Waals surface area contributed by atoms with Crippen LogP contribution < -0.4 is 9.73 Å². The Balaban J connectivity index is 1.65. The van der Waals surface area contributed by atoms with Crippen molar-refractivity contribution in [2.24, 2.45) is 10.1 Å². The van der Waals surface area contributed by atoms with Crippen LogP contribution in [0, 0.1) is 0 Å². The Morgan fingerprint density at radius 1 is 1.13 bits per heavy atom. The van der Waals surface area contributed by atoms with E-state index in [0.29, 0.717) is 17.2 Å². The van der Waals surface area contributed by atoms with Gasteiger partial charge in [0.25, 0.3) is 0 Å². The average Bonchev–Trinajstić information content (AvgIpc) is 3.24. The molecule has 31 heavy (non-hydrogen) atoms. The second-order valence-electron chi connectivity index (χ2n) is 7.02. The first-order valence-corrected chi connectivity index (χ1v) is 11.6. The van der Waals surface area contributed by atoms with Gasteiger partial charge in [-0.15, -0.1) is 0 Å². The highest BCUT2D eigenvalue weighted by Crippen LogP contribution is 2.35. The average molecular weight is 456 g/mol. The van der Waals surface area contributed by atoms with Crippen molar-refractivity contribution < 1.29 is 8.42 Å². The summed E-state index contributed by atoms with van der Waals surface area (Å²) in [6.45, 7) is 0.263. The molecule has 2 aliphatic rings. The number of benzene rings is 2. The molecule has 0 spiro atoms. The second kappa shape index (κ2) is 8.95. The van der Waals surface area contributed by atoms with Gasteiger partial charge < -0.3 is 0 Å². The molecule has 0 saturated carbocycles. The summed E-state index contributed by atoms with van der Waals surface area (Å²) < 4.78 is 29.4. The molecule has 2 aliphatic heterocycles. The number of rotatable bonds is 5. The van der Waals surface area contributed by atoms with Crippen LogP contribution in [0.25, 0.3) is 0 Å². The van der Waals surface area contributed by atoms with Crippen LogP contribution in [0.3, 0.4) is 0 Å². The van der Waals surface area contributed by atoms with Gasteiger partial charge in [0.15, 0.2) is 5.84 Å². The third-order valence-corrected chi connectivity index (χ3v) is 6.59. The molecule has 1 unspecified atom stereocenters. The normalized spacial score (nSPS) is 19.0. The summed E-state index contributed by atoms with van der Waals surface area (Å²) in [5.74, 6) is 0.223. The Bertz CT molecular complexity index is 1160. The van der Waals surface area contributed by atoms with E-state index in [4.69, 9.17) is 16.7 Å². The van der Waals surface area contributed by atoms with Crippen LogP contribution in [0.1, 0.15) is 18.0 Å². The molecule has 0 aromatic heterocycles.